The molecule has 4 rings (SSSR count). The fraction of sp³-hybridized carbons (Fsp3) is 0.100. The molecule has 0 aromatic heterocycles. The fourth-order valence-electron chi connectivity index (χ4n) is 2.62. The molecule has 0 N–H and O–H groups in total. The van der Waals surface area contributed by atoms with Crippen LogP contribution in [0.25, 0.3) is 0 Å². The lowest BCUT2D eigenvalue weighted by atomic mass is 10.1. The Morgan fingerprint density at radius 3 is 2.25 bits per heavy atom. The van der Waals surface area contributed by atoms with Crippen LogP contribution in [0.2, 0.25) is 0 Å². The van der Waals surface area contributed by atoms with E-state index >= 15 is 0 Å². The number of hydrogen-bond donors (Lipinski definition) is 0. The van der Waals surface area contributed by atoms with Crippen LogP contribution in [0.4, 0.5) is 0 Å². The molecule has 28 heavy (non-hydrogen) atoms. The molecule has 0 bridgehead atoms. The van der Waals surface area contributed by atoms with Gasteiger partial charge >= 0.3 is 5.17 Å². The minimum Gasteiger partial charge on any atom is -0.744 e. The molecule has 2 aliphatic rings. The highest BCUT2D eigenvalue weighted by Gasteiger charge is 2.28. The van der Waals surface area contributed by atoms with Crippen molar-refractivity contribution in [2.75, 3.05) is 6.26 Å². The van der Waals surface area contributed by atoms with Gasteiger partial charge in [0.05, 0.1) is 9.76 Å². The summed E-state index contributed by atoms with van der Waals surface area (Å²) < 4.78 is 33.2. The summed E-state index contributed by atoms with van der Waals surface area (Å²) in [4.78, 5) is 16.1. The van der Waals surface area contributed by atoms with E-state index in [1.165, 1.54) is 17.0 Å². The molecule has 0 saturated carbocycles. The molecule has 0 fully saturated rings. The lowest BCUT2D eigenvalue weighted by Gasteiger charge is -2.05. The Morgan fingerprint density at radius 2 is 1.71 bits per heavy atom. The van der Waals surface area contributed by atoms with Gasteiger partial charge in [-0.25, -0.2) is 8.42 Å². The Labute approximate surface area is 166 Å². The predicted molar refractivity (Wildman–Crippen MR) is 111 cm³/mol. The van der Waals surface area contributed by atoms with E-state index in [1.807, 2.05) is 43.6 Å². The number of aldehydes is 1. The third kappa shape index (κ3) is 4.41. The Balaban J connectivity index is 0.000000178. The van der Waals surface area contributed by atoms with Crippen molar-refractivity contribution in [2.24, 2.45) is 4.99 Å². The Kier molecular flexibility index (Phi) is 5.83. The van der Waals surface area contributed by atoms with Crippen LogP contribution in [0.3, 0.4) is 0 Å². The highest BCUT2D eigenvalue weighted by Crippen LogP contribution is 2.25. The van der Waals surface area contributed by atoms with Crippen LogP contribution >= 0.6 is 10.5 Å². The Hall–Kier alpha value is -2.68. The summed E-state index contributed by atoms with van der Waals surface area (Å²) in [5, 5.41) is 1.10. The minimum absolute atomic E-state index is 0.0106. The van der Waals surface area contributed by atoms with E-state index in [-0.39, 0.29) is 15.4 Å². The third-order valence-corrected chi connectivity index (χ3v) is 6.85. The largest absolute Gasteiger partial charge is 0.744 e. The molecule has 2 aromatic carbocycles. The van der Waals surface area contributed by atoms with E-state index < -0.39 is 10.1 Å². The number of hydrogen-bond acceptors (Lipinski definition) is 5. The van der Waals surface area contributed by atoms with Gasteiger partial charge in [-0.05, 0) is 35.9 Å². The maximum atomic E-state index is 10.6. The first-order chi connectivity index (χ1) is 13.3. The van der Waals surface area contributed by atoms with Gasteiger partial charge in [-0.1, -0.05) is 52.4 Å². The molecule has 0 aliphatic carbocycles. The standard InChI is InChI=1S/C13H11N2OS.C7H8O3S/c1-17-12(8-15-7-6-14-13(15)17)11-4-2-10(9-16)3-5-11;1-6-2-4-7(5-3-6)11(8,9)10/h2-9H,1H3;2-5H,1H3,(H,8,9,10)/q+1;/p-1. The maximum Gasteiger partial charge on any atom is 0.358 e. The van der Waals surface area contributed by atoms with E-state index in [4.69, 9.17) is 0 Å². The zero-order chi connectivity index (χ0) is 20.3. The Morgan fingerprint density at radius 1 is 1.07 bits per heavy atom. The van der Waals surface area contributed by atoms with Crippen molar-refractivity contribution >= 4 is 43.1 Å². The van der Waals surface area contributed by atoms with E-state index in [9.17, 15) is 17.8 Å². The summed E-state index contributed by atoms with van der Waals surface area (Å²) >= 11 is 0. The van der Waals surface area contributed by atoms with Crippen LogP contribution < -0.4 is 0 Å². The van der Waals surface area contributed by atoms with Crippen molar-refractivity contribution in [1.82, 2.24) is 0 Å². The van der Waals surface area contributed by atoms with E-state index in [2.05, 4.69) is 22.0 Å². The van der Waals surface area contributed by atoms with Crippen LogP contribution in [0, 0.1) is 6.92 Å². The van der Waals surface area contributed by atoms with E-state index in [1.54, 1.807) is 12.1 Å². The number of carbonyl (C=O) groups is 1. The van der Waals surface area contributed by atoms with Gasteiger partial charge in [-0.15, -0.1) is 0 Å². The third-order valence-electron chi connectivity index (χ3n) is 4.13. The van der Waals surface area contributed by atoms with E-state index in [0.717, 1.165) is 22.6 Å². The molecule has 1 atom stereocenters. The smallest absolute Gasteiger partial charge is 0.358 e. The van der Waals surface area contributed by atoms with Gasteiger partial charge in [-0.3, -0.25) is 4.79 Å². The second kappa shape index (κ2) is 8.14. The number of aliphatic imine (C=N–C) groups is 1. The summed E-state index contributed by atoms with van der Waals surface area (Å²) in [5.41, 5.74) is 2.80. The summed E-state index contributed by atoms with van der Waals surface area (Å²) in [6.07, 6.45) is 8.93. The molecular weight excluding hydrogens is 396 g/mol. The van der Waals surface area contributed by atoms with Gasteiger partial charge in [0.25, 0.3) is 0 Å². The number of fused-ring (bicyclic) bond motifs is 1. The number of aryl methyl sites for hydroxylation is 1. The fourth-order valence-corrected chi connectivity index (χ4v) is 4.70. The zero-order valence-corrected chi connectivity index (χ0v) is 16.9. The van der Waals surface area contributed by atoms with E-state index in [0.29, 0.717) is 5.56 Å². The number of rotatable bonds is 3. The number of benzene rings is 2. The van der Waals surface area contributed by atoms with Gasteiger partial charge in [0, 0.05) is 5.56 Å². The molecule has 1 unspecified atom stereocenters. The molecule has 0 radical (unpaired) electrons. The molecule has 0 amide bonds. The highest BCUT2D eigenvalue weighted by molar-refractivity contribution is 8.29. The average molecular weight is 415 g/mol. The lowest BCUT2D eigenvalue weighted by molar-refractivity contribution is -0.304. The van der Waals surface area contributed by atoms with Crippen molar-refractivity contribution in [3.05, 3.63) is 77.6 Å². The van der Waals surface area contributed by atoms with Crippen LogP contribution in [0.5, 0.6) is 0 Å². The summed E-state index contributed by atoms with van der Waals surface area (Å²) in [6, 6.07) is 13.5. The van der Waals surface area contributed by atoms with Crippen LogP contribution in [-0.2, 0) is 10.1 Å². The summed E-state index contributed by atoms with van der Waals surface area (Å²) in [6.45, 7) is 1.82. The summed E-state index contributed by atoms with van der Waals surface area (Å²) in [5.74, 6) is 0. The van der Waals surface area contributed by atoms with Crippen LogP contribution in [0.1, 0.15) is 21.5 Å². The monoisotopic (exact) mass is 414 g/mol. The van der Waals surface area contributed by atoms with Gasteiger partial charge in [0.15, 0.2) is 6.20 Å². The highest BCUT2D eigenvalue weighted by atomic mass is 32.2. The first-order valence-electron chi connectivity index (χ1n) is 8.28. The Bertz CT molecular complexity index is 1140. The maximum absolute atomic E-state index is 10.6. The van der Waals surface area contributed by atoms with Crippen molar-refractivity contribution in [2.45, 2.75) is 11.8 Å². The number of amidine groups is 1. The molecule has 0 spiro atoms. The van der Waals surface area contributed by atoms with Gasteiger partial charge in [0.1, 0.15) is 28.8 Å². The van der Waals surface area contributed by atoms with Crippen molar-refractivity contribution < 1.29 is 22.3 Å². The average Bonchev–Trinajstić information content (AvgIpc) is 3.25. The predicted octanol–water partition coefficient (Wildman–Crippen LogP) is 2.76. The molecule has 0 saturated heterocycles. The first-order valence-corrected chi connectivity index (χ1v) is 11.3. The number of carbonyl (C=O) groups excluding carboxylic acids is 1. The molecule has 6 nitrogen and oxygen atoms in total. The molecule has 144 valence electrons. The molecule has 8 heteroatoms. The second-order valence-corrected chi connectivity index (χ2v) is 9.33. The lowest BCUT2D eigenvalue weighted by Crippen LogP contribution is -2.05. The summed E-state index contributed by atoms with van der Waals surface area (Å²) in [7, 11) is -4.26. The molecular formula is C20H18N2O4S2. The van der Waals surface area contributed by atoms with Crippen LogP contribution in [0.15, 0.2) is 70.8 Å². The normalized spacial score (nSPS) is 17.4. The second-order valence-electron chi connectivity index (χ2n) is 6.13. The number of nitrogens with zero attached hydrogens (tertiary/aromatic N) is 2. The van der Waals surface area contributed by atoms with Crippen molar-refractivity contribution in [1.29, 1.82) is 0 Å². The van der Waals surface area contributed by atoms with Gasteiger partial charge in [0.2, 0.25) is 0 Å². The quantitative estimate of drug-likeness (QED) is 0.334. The molecule has 2 heterocycles. The van der Waals surface area contributed by atoms with Gasteiger partial charge < -0.3 is 4.55 Å². The van der Waals surface area contributed by atoms with Crippen LogP contribution in [-0.4, -0.2) is 46.3 Å². The minimum atomic E-state index is -4.27. The molecule has 2 aromatic rings. The van der Waals surface area contributed by atoms with Crippen molar-refractivity contribution in [3.8, 4) is 0 Å². The topological polar surface area (TPSA) is 89.6 Å². The zero-order valence-electron chi connectivity index (χ0n) is 15.3. The SMILES string of the molecule is CS1=C(c2ccc(C=O)cc2)C=[N+]2C=CN=C21.Cc1ccc(S(=O)(=O)[O-])cc1. The first kappa shape index (κ1) is 20.1. The van der Waals surface area contributed by atoms with Crippen molar-refractivity contribution in [3.63, 3.8) is 0 Å². The van der Waals surface area contributed by atoms with Gasteiger partial charge in [-0.2, -0.15) is 4.58 Å². The molecule has 2 aliphatic heterocycles.